The smallest absolute Gasteiger partial charge is 0.193 e. The number of imidazole rings is 1. The van der Waals surface area contributed by atoms with Crippen LogP contribution in [0.4, 0.5) is 4.39 Å². The van der Waals surface area contributed by atoms with Crippen molar-refractivity contribution >= 4 is 16.3 Å². The molecule has 0 aliphatic carbocycles. The fourth-order valence-electron chi connectivity index (χ4n) is 1.85. The van der Waals surface area contributed by atoms with Crippen LogP contribution in [0.3, 0.4) is 0 Å². The van der Waals surface area contributed by atoms with Crippen LogP contribution in [0.15, 0.2) is 36.2 Å². The third-order valence-electron chi connectivity index (χ3n) is 2.73. The minimum Gasteiger partial charge on any atom is -0.324 e. The number of thiazole rings is 1. The summed E-state index contributed by atoms with van der Waals surface area (Å²) in [5, 5.41) is 1.97. The molecule has 4 nitrogen and oxygen atoms in total. The summed E-state index contributed by atoms with van der Waals surface area (Å²) in [6.07, 6.45) is 7.22. The maximum absolute atomic E-state index is 13.0. The molecule has 0 radical (unpaired) electrons. The molecule has 1 atom stereocenters. The zero-order chi connectivity index (χ0) is 12.5. The minimum atomic E-state index is -0.367. The van der Waals surface area contributed by atoms with E-state index in [1.807, 2.05) is 22.2 Å². The lowest BCUT2D eigenvalue weighted by Crippen LogP contribution is -2.14. The Hall–Kier alpha value is -1.79. The Kier molecular flexibility index (Phi) is 2.81. The number of rotatable bonds is 3. The highest BCUT2D eigenvalue weighted by molar-refractivity contribution is 7.15. The Bertz CT molecular complexity index is 647. The van der Waals surface area contributed by atoms with Crippen molar-refractivity contribution in [3.05, 3.63) is 53.3 Å². The van der Waals surface area contributed by atoms with Gasteiger partial charge in [0.2, 0.25) is 0 Å². The highest BCUT2D eigenvalue weighted by Crippen LogP contribution is 2.18. The molecule has 1 unspecified atom stereocenters. The van der Waals surface area contributed by atoms with Crippen molar-refractivity contribution in [1.82, 2.24) is 14.4 Å². The summed E-state index contributed by atoms with van der Waals surface area (Å²) in [6.45, 7) is 0. The third kappa shape index (κ3) is 2.12. The van der Waals surface area contributed by atoms with Gasteiger partial charge in [0.25, 0.3) is 0 Å². The van der Waals surface area contributed by atoms with E-state index < -0.39 is 0 Å². The zero-order valence-corrected chi connectivity index (χ0v) is 10.3. The Labute approximate surface area is 107 Å². The first kappa shape index (κ1) is 11.3. The molecule has 3 aromatic rings. The number of halogens is 1. The lowest BCUT2D eigenvalue weighted by molar-refractivity contribution is 0.610. The van der Waals surface area contributed by atoms with Crippen molar-refractivity contribution in [2.75, 3.05) is 0 Å². The Balaban J connectivity index is 1.81. The van der Waals surface area contributed by atoms with Gasteiger partial charge in [-0.25, -0.2) is 9.37 Å². The van der Waals surface area contributed by atoms with E-state index in [-0.39, 0.29) is 11.9 Å². The highest BCUT2D eigenvalue weighted by atomic mass is 32.1. The number of nitrogens with two attached hydrogens (primary N) is 1. The van der Waals surface area contributed by atoms with Crippen molar-refractivity contribution in [2.45, 2.75) is 12.5 Å². The number of hydrogen-bond acceptors (Lipinski definition) is 4. The van der Waals surface area contributed by atoms with Crippen molar-refractivity contribution in [2.24, 2.45) is 5.73 Å². The number of hydrogen-bond donors (Lipinski definition) is 1. The SMILES string of the molecule is NC(Cc1cn2ccsc2n1)c1cncc(F)c1. The second-order valence-corrected chi connectivity index (χ2v) is 4.95. The summed E-state index contributed by atoms with van der Waals surface area (Å²) < 4.78 is 15.0. The van der Waals surface area contributed by atoms with Crippen LogP contribution in [0, 0.1) is 5.82 Å². The van der Waals surface area contributed by atoms with Gasteiger partial charge in [0.15, 0.2) is 4.96 Å². The van der Waals surface area contributed by atoms with E-state index in [1.54, 1.807) is 17.5 Å². The van der Waals surface area contributed by atoms with Crippen LogP contribution < -0.4 is 5.73 Å². The number of nitrogens with zero attached hydrogens (tertiary/aromatic N) is 3. The van der Waals surface area contributed by atoms with Gasteiger partial charge in [0.05, 0.1) is 11.9 Å². The second kappa shape index (κ2) is 4.47. The van der Waals surface area contributed by atoms with Crippen molar-refractivity contribution < 1.29 is 4.39 Å². The van der Waals surface area contributed by atoms with Gasteiger partial charge in [-0.2, -0.15) is 0 Å². The summed E-state index contributed by atoms with van der Waals surface area (Å²) in [5.41, 5.74) is 7.62. The van der Waals surface area contributed by atoms with E-state index in [2.05, 4.69) is 9.97 Å². The van der Waals surface area contributed by atoms with E-state index in [0.717, 1.165) is 10.7 Å². The lowest BCUT2D eigenvalue weighted by Gasteiger charge is -2.09. The van der Waals surface area contributed by atoms with Crippen molar-refractivity contribution in [1.29, 1.82) is 0 Å². The summed E-state index contributed by atoms with van der Waals surface area (Å²) >= 11 is 1.57. The fourth-order valence-corrected chi connectivity index (χ4v) is 2.57. The van der Waals surface area contributed by atoms with E-state index >= 15 is 0 Å². The molecule has 2 N–H and O–H groups in total. The molecule has 0 saturated heterocycles. The van der Waals surface area contributed by atoms with Gasteiger partial charge in [-0.3, -0.25) is 9.38 Å². The zero-order valence-electron chi connectivity index (χ0n) is 9.45. The van der Waals surface area contributed by atoms with Gasteiger partial charge >= 0.3 is 0 Å². The third-order valence-corrected chi connectivity index (χ3v) is 3.50. The van der Waals surface area contributed by atoms with Crippen molar-refractivity contribution in [3.63, 3.8) is 0 Å². The Morgan fingerprint density at radius 1 is 1.44 bits per heavy atom. The molecule has 3 aromatic heterocycles. The van der Waals surface area contributed by atoms with Crippen LogP contribution in [0.25, 0.3) is 4.96 Å². The Morgan fingerprint density at radius 3 is 3.11 bits per heavy atom. The standard InChI is InChI=1S/C12H11FN4S/c13-9-3-8(5-15-6-9)11(14)4-10-7-17-1-2-18-12(17)16-10/h1-3,5-7,11H,4,14H2. The molecule has 3 rings (SSSR count). The van der Waals surface area contributed by atoms with Crippen LogP contribution >= 0.6 is 11.3 Å². The van der Waals surface area contributed by atoms with E-state index in [4.69, 9.17) is 5.73 Å². The molecule has 0 aromatic carbocycles. The predicted molar refractivity (Wildman–Crippen MR) is 67.9 cm³/mol. The van der Waals surface area contributed by atoms with Crippen LogP contribution in [0.5, 0.6) is 0 Å². The largest absolute Gasteiger partial charge is 0.324 e. The van der Waals surface area contributed by atoms with Gasteiger partial charge in [-0.15, -0.1) is 11.3 Å². The molecule has 0 saturated carbocycles. The van der Waals surface area contributed by atoms with Gasteiger partial charge < -0.3 is 5.73 Å². The van der Waals surface area contributed by atoms with Crippen molar-refractivity contribution in [3.8, 4) is 0 Å². The molecule has 18 heavy (non-hydrogen) atoms. The van der Waals surface area contributed by atoms with Crippen LogP contribution in [-0.2, 0) is 6.42 Å². The number of fused-ring (bicyclic) bond motifs is 1. The molecule has 0 spiro atoms. The first-order valence-electron chi connectivity index (χ1n) is 5.49. The average Bonchev–Trinajstić information content (AvgIpc) is 2.89. The first-order valence-corrected chi connectivity index (χ1v) is 6.37. The van der Waals surface area contributed by atoms with Crippen LogP contribution in [-0.4, -0.2) is 14.4 Å². The normalized spacial score (nSPS) is 13.0. The average molecular weight is 262 g/mol. The van der Waals surface area contributed by atoms with Crippen LogP contribution in [0.2, 0.25) is 0 Å². The highest BCUT2D eigenvalue weighted by Gasteiger charge is 2.11. The predicted octanol–water partition coefficient (Wildman–Crippen LogP) is 2.17. The molecule has 0 bridgehead atoms. The maximum Gasteiger partial charge on any atom is 0.193 e. The molecule has 0 aliphatic heterocycles. The number of aromatic nitrogens is 3. The van der Waals surface area contributed by atoms with E-state index in [9.17, 15) is 4.39 Å². The molecular formula is C12H11FN4S. The molecular weight excluding hydrogens is 251 g/mol. The van der Waals surface area contributed by atoms with Gasteiger partial charge in [0, 0.05) is 36.4 Å². The summed E-state index contributed by atoms with van der Waals surface area (Å²) in [4.78, 5) is 9.19. The van der Waals surface area contributed by atoms with Gasteiger partial charge in [-0.05, 0) is 11.6 Å². The summed E-state index contributed by atoms with van der Waals surface area (Å²) in [7, 11) is 0. The molecule has 0 amide bonds. The minimum absolute atomic E-state index is 0.294. The summed E-state index contributed by atoms with van der Waals surface area (Å²) in [5.74, 6) is -0.367. The lowest BCUT2D eigenvalue weighted by atomic mass is 10.1. The Morgan fingerprint density at radius 2 is 2.33 bits per heavy atom. The molecule has 6 heteroatoms. The topological polar surface area (TPSA) is 56.2 Å². The van der Waals surface area contributed by atoms with E-state index in [1.165, 1.54) is 12.3 Å². The van der Waals surface area contributed by atoms with E-state index in [0.29, 0.717) is 12.0 Å². The maximum atomic E-state index is 13.0. The molecule has 92 valence electrons. The van der Waals surface area contributed by atoms with Gasteiger partial charge in [-0.1, -0.05) is 0 Å². The molecule has 0 fully saturated rings. The molecule has 0 aliphatic rings. The fraction of sp³-hybridized carbons (Fsp3) is 0.167. The van der Waals surface area contributed by atoms with Crippen LogP contribution in [0.1, 0.15) is 17.3 Å². The van der Waals surface area contributed by atoms with Gasteiger partial charge in [0.1, 0.15) is 5.82 Å². The second-order valence-electron chi connectivity index (χ2n) is 4.07. The summed E-state index contributed by atoms with van der Waals surface area (Å²) in [6, 6.07) is 1.12. The molecule has 3 heterocycles. The quantitative estimate of drug-likeness (QED) is 0.787. The first-order chi connectivity index (χ1) is 8.72. The number of pyridine rings is 1. The monoisotopic (exact) mass is 262 g/mol.